The number of urea groups is 1. The standard InChI is InChI=1S/C24H25FN4O5/c1-14(2)21(23(31)33-4)29(3)22(30)20-13-19(28-34-20)15-5-9-17(10-6-15)26-24(32)27-18-11-7-16(25)8-12-18/h5-14,21H,1-4H3,(H2,26,27,32)/t21-/m0/s1. The summed E-state index contributed by atoms with van der Waals surface area (Å²) >= 11 is 0. The number of esters is 1. The van der Waals surface area contributed by atoms with E-state index in [9.17, 15) is 18.8 Å². The van der Waals surface area contributed by atoms with Gasteiger partial charge in [-0.3, -0.25) is 4.79 Å². The van der Waals surface area contributed by atoms with Crippen molar-refractivity contribution in [1.29, 1.82) is 0 Å². The summed E-state index contributed by atoms with van der Waals surface area (Å²) in [6.07, 6.45) is 0. The van der Waals surface area contributed by atoms with Crippen LogP contribution in [0.4, 0.5) is 20.6 Å². The molecule has 3 aromatic rings. The second-order valence-corrected chi connectivity index (χ2v) is 7.87. The van der Waals surface area contributed by atoms with Crippen LogP contribution in [0.5, 0.6) is 0 Å². The Labute approximate surface area is 195 Å². The minimum atomic E-state index is -0.766. The zero-order valence-corrected chi connectivity index (χ0v) is 19.2. The number of nitrogens with one attached hydrogen (secondary N) is 2. The minimum absolute atomic E-state index is 0.0204. The zero-order valence-electron chi connectivity index (χ0n) is 19.2. The summed E-state index contributed by atoms with van der Waals surface area (Å²) in [5.74, 6) is -1.60. The van der Waals surface area contributed by atoms with Gasteiger partial charge in [0.1, 0.15) is 17.6 Å². The number of nitrogens with zero attached hydrogens (tertiary/aromatic N) is 2. The number of rotatable bonds is 7. The van der Waals surface area contributed by atoms with Crippen molar-refractivity contribution in [1.82, 2.24) is 10.1 Å². The molecule has 9 nitrogen and oxygen atoms in total. The molecule has 1 heterocycles. The third-order valence-electron chi connectivity index (χ3n) is 5.07. The molecule has 0 fully saturated rings. The van der Waals surface area contributed by atoms with E-state index in [0.717, 1.165) is 0 Å². The number of ether oxygens (including phenoxy) is 1. The molecule has 0 aliphatic heterocycles. The van der Waals surface area contributed by atoms with Crippen LogP contribution in [-0.2, 0) is 9.53 Å². The predicted molar refractivity (Wildman–Crippen MR) is 124 cm³/mol. The highest BCUT2D eigenvalue weighted by Gasteiger charge is 2.32. The van der Waals surface area contributed by atoms with E-state index in [1.165, 1.54) is 49.4 Å². The molecule has 0 aliphatic carbocycles. The summed E-state index contributed by atoms with van der Waals surface area (Å²) in [7, 11) is 2.77. The molecule has 178 valence electrons. The summed E-state index contributed by atoms with van der Waals surface area (Å²) in [5.41, 5.74) is 2.04. The van der Waals surface area contributed by atoms with Crippen LogP contribution in [0.25, 0.3) is 11.3 Å². The molecule has 0 unspecified atom stereocenters. The van der Waals surface area contributed by atoms with Crippen molar-refractivity contribution in [3.63, 3.8) is 0 Å². The van der Waals surface area contributed by atoms with Crippen molar-refractivity contribution in [2.24, 2.45) is 5.92 Å². The normalized spacial score (nSPS) is 11.6. The average molecular weight is 468 g/mol. The number of aromatic nitrogens is 1. The third kappa shape index (κ3) is 5.77. The molecule has 2 aromatic carbocycles. The van der Waals surface area contributed by atoms with Crippen LogP contribution in [0, 0.1) is 11.7 Å². The number of carbonyl (C=O) groups excluding carboxylic acids is 3. The molecule has 0 saturated carbocycles. The molecule has 3 rings (SSSR count). The van der Waals surface area contributed by atoms with Gasteiger partial charge in [0, 0.05) is 30.1 Å². The van der Waals surface area contributed by atoms with Gasteiger partial charge >= 0.3 is 12.0 Å². The molecule has 10 heteroatoms. The second kappa shape index (κ2) is 10.6. The lowest BCUT2D eigenvalue weighted by molar-refractivity contribution is -0.147. The maximum absolute atomic E-state index is 13.0. The molecule has 0 saturated heterocycles. The van der Waals surface area contributed by atoms with Gasteiger partial charge in [-0.15, -0.1) is 0 Å². The van der Waals surface area contributed by atoms with Crippen molar-refractivity contribution in [3.8, 4) is 11.3 Å². The first-order chi connectivity index (χ1) is 16.2. The van der Waals surface area contributed by atoms with Crippen molar-refractivity contribution < 1.29 is 28.0 Å². The molecular formula is C24H25FN4O5. The Bertz CT molecular complexity index is 1160. The fourth-order valence-electron chi connectivity index (χ4n) is 3.36. The molecule has 1 atom stereocenters. The van der Waals surface area contributed by atoms with Gasteiger partial charge in [0.2, 0.25) is 5.76 Å². The number of hydrogen-bond donors (Lipinski definition) is 2. The van der Waals surface area contributed by atoms with Crippen LogP contribution in [0.15, 0.2) is 59.1 Å². The largest absolute Gasteiger partial charge is 0.467 e. The molecule has 2 N–H and O–H groups in total. The van der Waals surface area contributed by atoms with Crippen molar-refractivity contribution in [2.75, 3.05) is 24.8 Å². The predicted octanol–water partition coefficient (Wildman–Crippen LogP) is 4.39. The summed E-state index contributed by atoms with van der Waals surface area (Å²) < 4.78 is 23.0. The minimum Gasteiger partial charge on any atom is -0.467 e. The van der Waals surface area contributed by atoms with Crippen LogP contribution < -0.4 is 10.6 Å². The Morgan fingerprint density at radius 1 is 1.00 bits per heavy atom. The lowest BCUT2D eigenvalue weighted by atomic mass is 10.0. The van der Waals surface area contributed by atoms with E-state index in [1.807, 2.05) is 13.8 Å². The van der Waals surface area contributed by atoms with Crippen LogP contribution in [-0.4, -0.2) is 48.2 Å². The number of carbonyl (C=O) groups is 3. The number of amides is 3. The number of hydrogen-bond acceptors (Lipinski definition) is 6. The zero-order chi connectivity index (χ0) is 24.8. The van der Waals surface area contributed by atoms with Gasteiger partial charge in [-0.2, -0.15) is 0 Å². The SMILES string of the molecule is COC(=O)[C@H](C(C)C)N(C)C(=O)c1cc(-c2ccc(NC(=O)Nc3ccc(F)cc3)cc2)no1. The Morgan fingerprint density at radius 3 is 2.09 bits per heavy atom. The molecule has 1 aromatic heterocycles. The van der Waals surface area contributed by atoms with Crippen LogP contribution >= 0.6 is 0 Å². The Hall–Kier alpha value is -4.21. The van der Waals surface area contributed by atoms with E-state index >= 15 is 0 Å². The molecule has 3 amide bonds. The number of benzene rings is 2. The smallest absolute Gasteiger partial charge is 0.328 e. The fraction of sp³-hybridized carbons (Fsp3) is 0.250. The maximum atomic E-state index is 13.0. The number of anilines is 2. The molecular weight excluding hydrogens is 443 g/mol. The second-order valence-electron chi connectivity index (χ2n) is 7.87. The van der Waals surface area contributed by atoms with Crippen molar-refractivity contribution in [2.45, 2.75) is 19.9 Å². The summed E-state index contributed by atoms with van der Waals surface area (Å²) in [6.45, 7) is 3.62. The van der Waals surface area contributed by atoms with Crippen LogP contribution in [0.2, 0.25) is 0 Å². The van der Waals surface area contributed by atoms with E-state index in [0.29, 0.717) is 22.6 Å². The van der Waals surface area contributed by atoms with E-state index < -0.39 is 29.8 Å². The molecule has 34 heavy (non-hydrogen) atoms. The van der Waals surface area contributed by atoms with Crippen LogP contribution in [0.1, 0.15) is 24.4 Å². The Morgan fingerprint density at radius 2 is 1.56 bits per heavy atom. The van der Waals surface area contributed by atoms with E-state index in [1.54, 1.807) is 24.3 Å². The van der Waals surface area contributed by atoms with Crippen LogP contribution in [0.3, 0.4) is 0 Å². The van der Waals surface area contributed by atoms with Gasteiger partial charge in [0.15, 0.2) is 0 Å². The molecule has 0 radical (unpaired) electrons. The van der Waals surface area contributed by atoms with E-state index in [2.05, 4.69) is 15.8 Å². The lowest BCUT2D eigenvalue weighted by Crippen LogP contribution is -2.46. The third-order valence-corrected chi connectivity index (χ3v) is 5.07. The van der Waals surface area contributed by atoms with Gasteiger partial charge in [0.05, 0.1) is 7.11 Å². The molecule has 0 spiro atoms. The van der Waals surface area contributed by atoms with E-state index in [4.69, 9.17) is 9.26 Å². The number of methoxy groups -OCH3 is 1. The highest BCUT2D eigenvalue weighted by molar-refractivity contribution is 6.00. The highest BCUT2D eigenvalue weighted by Crippen LogP contribution is 2.23. The summed E-state index contributed by atoms with van der Waals surface area (Å²) in [6, 6.07) is 12.4. The van der Waals surface area contributed by atoms with Crippen molar-refractivity contribution in [3.05, 3.63) is 66.2 Å². The Kier molecular flexibility index (Phi) is 7.62. The summed E-state index contributed by atoms with van der Waals surface area (Å²) in [4.78, 5) is 38.3. The maximum Gasteiger partial charge on any atom is 0.328 e. The topological polar surface area (TPSA) is 114 Å². The average Bonchev–Trinajstić information content (AvgIpc) is 3.30. The first-order valence-corrected chi connectivity index (χ1v) is 10.4. The van der Waals surface area contributed by atoms with Gasteiger partial charge in [-0.1, -0.05) is 31.1 Å². The van der Waals surface area contributed by atoms with Gasteiger partial charge in [-0.05, 0) is 42.3 Å². The quantitative estimate of drug-likeness (QED) is 0.497. The first kappa shape index (κ1) is 24.4. The fourth-order valence-corrected chi connectivity index (χ4v) is 3.36. The van der Waals surface area contributed by atoms with E-state index in [-0.39, 0.29) is 11.7 Å². The van der Waals surface area contributed by atoms with Crippen molar-refractivity contribution >= 4 is 29.3 Å². The monoisotopic (exact) mass is 468 g/mol. The summed E-state index contributed by atoms with van der Waals surface area (Å²) in [5, 5.41) is 9.21. The Balaban J connectivity index is 1.66. The lowest BCUT2D eigenvalue weighted by Gasteiger charge is -2.27. The molecule has 0 aliphatic rings. The van der Waals surface area contributed by atoms with Gasteiger partial charge < -0.3 is 24.8 Å². The number of halogens is 1. The first-order valence-electron chi connectivity index (χ1n) is 10.4. The van der Waals surface area contributed by atoms with Gasteiger partial charge in [-0.25, -0.2) is 14.0 Å². The van der Waals surface area contributed by atoms with Gasteiger partial charge in [0.25, 0.3) is 5.91 Å². The number of likely N-dealkylation sites (N-methyl/N-ethyl adjacent to an activating group) is 1. The molecule has 0 bridgehead atoms. The highest BCUT2D eigenvalue weighted by atomic mass is 19.1.